The van der Waals surface area contributed by atoms with E-state index in [2.05, 4.69) is 74.4 Å². The van der Waals surface area contributed by atoms with Crippen LogP contribution in [0.5, 0.6) is 0 Å². The van der Waals surface area contributed by atoms with Crippen LogP contribution in [0.2, 0.25) is 0 Å². The van der Waals surface area contributed by atoms with Crippen molar-refractivity contribution in [2.45, 2.75) is 116 Å². The Bertz CT molecular complexity index is 5580. The number of nitrogens with zero attached hydrogens (tertiary/aromatic N) is 18. The van der Waals surface area contributed by atoms with Gasteiger partial charge in [-0.05, 0) is 125 Å². The van der Waals surface area contributed by atoms with Crippen LogP contribution in [0.1, 0.15) is 110 Å². The minimum absolute atomic E-state index is 0.289. The van der Waals surface area contributed by atoms with Gasteiger partial charge in [-0.15, -0.1) is 34.0 Å². The summed E-state index contributed by atoms with van der Waals surface area (Å²) >= 11 is 3.64. The molecule has 1 saturated carbocycles. The van der Waals surface area contributed by atoms with Gasteiger partial charge in [0.2, 0.25) is 0 Å². The van der Waals surface area contributed by atoms with Gasteiger partial charge in [0, 0.05) is 129 Å². The van der Waals surface area contributed by atoms with E-state index in [9.17, 15) is 25.3 Å². The number of unbranched alkanes of at least 4 members (excludes halogenated alkanes) is 1. The van der Waals surface area contributed by atoms with E-state index in [1.54, 1.807) is 49.2 Å². The van der Waals surface area contributed by atoms with E-state index in [0.717, 1.165) is 115 Å². The molecule has 35 heteroatoms. The highest BCUT2D eigenvalue weighted by molar-refractivity contribution is 7.92. The normalized spacial score (nSPS) is 16.2. The fraction of sp³-hybridized carbons (Fsp3) is 0.423. The third-order valence-electron chi connectivity index (χ3n) is 19.2. The molecule has 4 aliphatic rings. The Kier molecular flexibility index (Phi) is 21.7. The number of piperidine rings is 1. The smallest absolute Gasteiger partial charge is 0.253 e. The molecule has 12 aromatic heterocycles. The lowest BCUT2D eigenvalue weighted by atomic mass is 9.96. The number of imidazole rings is 3. The third kappa shape index (κ3) is 15.9. The van der Waals surface area contributed by atoms with Gasteiger partial charge in [-0.3, -0.25) is 27.2 Å². The molecule has 29 nitrogen and oxygen atoms in total. The second-order valence-corrected chi connectivity index (χ2v) is 37.7. The van der Waals surface area contributed by atoms with Gasteiger partial charge in [0.05, 0.1) is 99.6 Å². The maximum Gasteiger partial charge on any atom is 0.253 e. The standard InChI is InChI=1S/C25H29N7O3S2.C24H31N7O2S2.C22H28N8O2S2/c1-17-12-22(36-25(17)37(33,34)31-8-10-35-11-9-31)29-23-24-26-14-21(19-13-27-30(2)15-19)32(24)16-20(28-23)18-6-4-3-5-7-18;1-16-11-21(34-24(16)35(32,33)29(2)3)28-22-23-25-13-20(18-12-26-30(4)14-18)31(23)15-19(27-22)8-6-5-7-17-9-10-17;1-14-8-19(33-22(14)34(31,32)28(2)3)27-20-21-24-11-18(16-10-25-29(4)12-16)30(21)13-17(26-20)15-6-5-7-23-9-15/h6,12-16H,3-5,7-11H2,1-2H3,(H,28,29);11-15,17H,5-10H2,1-4H3,(H,27,28);8,10-13,15,23H,5-7,9H2,1-4H3,(H,26,27). The lowest BCUT2D eigenvalue weighted by Crippen LogP contribution is -2.40. The van der Waals surface area contributed by atoms with Crippen molar-refractivity contribution in [1.82, 2.24) is 90.7 Å². The molecule has 1 unspecified atom stereocenters. The maximum atomic E-state index is 13.3. The molecule has 16 rings (SSSR count). The number of allylic oxidation sites excluding steroid dienone is 2. The molecule has 4 N–H and O–H groups in total. The average Bonchev–Trinajstić information content (AvgIpc) is 1.70. The monoisotopic (exact) mass is 1550 g/mol. The first-order valence-electron chi connectivity index (χ1n) is 35.4. The topological polar surface area (TPSA) is 314 Å². The number of rotatable bonds is 22. The first-order valence-corrected chi connectivity index (χ1v) is 42.2. The summed E-state index contributed by atoms with van der Waals surface area (Å²) in [4.78, 5) is 28.8. The quantitative estimate of drug-likeness (QED) is 0.0458. The summed E-state index contributed by atoms with van der Waals surface area (Å²) < 4.78 is 99.3. The van der Waals surface area contributed by atoms with Crippen molar-refractivity contribution < 1.29 is 30.0 Å². The van der Waals surface area contributed by atoms with Crippen molar-refractivity contribution in [1.29, 1.82) is 0 Å². The molecule has 0 bridgehead atoms. The highest BCUT2D eigenvalue weighted by atomic mass is 32.3. The predicted octanol–water partition coefficient (Wildman–Crippen LogP) is 11.8. The van der Waals surface area contributed by atoms with Crippen LogP contribution in [-0.2, 0) is 62.4 Å². The number of thiophene rings is 3. The van der Waals surface area contributed by atoms with E-state index in [0.29, 0.717) is 105 Å². The predicted molar refractivity (Wildman–Crippen MR) is 415 cm³/mol. The zero-order valence-corrected chi connectivity index (χ0v) is 65.9. The summed E-state index contributed by atoms with van der Waals surface area (Å²) in [6, 6.07) is 5.57. The van der Waals surface area contributed by atoms with Crippen LogP contribution in [0.25, 0.3) is 56.3 Å². The summed E-state index contributed by atoms with van der Waals surface area (Å²) in [5, 5.41) is 28.7. The number of sulfonamides is 3. The van der Waals surface area contributed by atoms with Gasteiger partial charge in [0.25, 0.3) is 30.1 Å². The van der Waals surface area contributed by atoms with Crippen LogP contribution >= 0.6 is 34.0 Å². The van der Waals surface area contributed by atoms with E-state index in [1.165, 1.54) is 84.6 Å². The number of hydrogen-bond donors (Lipinski definition) is 4. The molecule has 1 atom stereocenters. The lowest BCUT2D eigenvalue weighted by Gasteiger charge is -2.25. The van der Waals surface area contributed by atoms with Crippen LogP contribution < -0.4 is 21.3 Å². The number of aromatic nitrogens is 15. The van der Waals surface area contributed by atoms with Crippen molar-refractivity contribution in [2.75, 3.05) is 83.5 Å². The van der Waals surface area contributed by atoms with Crippen molar-refractivity contribution in [3.8, 4) is 33.8 Å². The van der Waals surface area contributed by atoms with E-state index in [4.69, 9.17) is 19.7 Å². The third-order valence-corrected chi connectivity index (χ3v) is 30.0. The van der Waals surface area contributed by atoms with Crippen LogP contribution in [0.15, 0.2) is 111 Å². The van der Waals surface area contributed by atoms with Gasteiger partial charge in [-0.2, -0.15) is 19.6 Å². The van der Waals surface area contributed by atoms with E-state index in [-0.39, 0.29) is 5.92 Å². The fourth-order valence-corrected chi connectivity index (χ4v) is 21.9. The minimum Gasteiger partial charge on any atom is -0.379 e. The second kappa shape index (κ2) is 30.9. The van der Waals surface area contributed by atoms with E-state index >= 15 is 0 Å². The van der Waals surface area contributed by atoms with Gasteiger partial charge in [0.15, 0.2) is 34.4 Å². The SMILES string of the molecule is Cc1cc(Nc2nc(C3=CCCCC3)cn3c(-c4cnn(C)c4)cnc23)sc1S(=O)(=O)N1CCOCC1.Cc1cc(Nc2nc(C3CCCNC3)cn3c(-c4cnn(C)c4)cnc23)sc1S(=O)(=O)N(C)C.Cc1cc(Nc2nc(CCCCC3CC3)cn3c(-c4cnn(C)c4)cnc23)sc1S(=O)(=O)N(C)C. The van der Waals surface area contributed by atoms with Crippen molar-refractivity contribution in [3.63, 3.8) is 0 Å². The molecule has 0 spiro atoms. The number of anilines is 6. The summed E-state index contributed by atoms with van der Waals surface area (Å²) in [5.74, 6) is 3.04. The fourth-order valence-electron chi connectivity index (χ4n) is 13.3. The molecule has 2 aliphatic heterocycles. The number of hydrogen-bond acceptors (Lipinski definition) is 23. The summed E-state index contributed by atoms with van der Waals surface area (Å²) in [6.45, 7) is 8.91. The van der Waals surface area contributed by atoms with Crippen LogP contribution in [-0.4, -0.2) is 178 Å². The van der Waals surface area contributed by atoms with E-state index < -0.39 is 30.1 Å². The second-order valence-electron chi connectivity index (χ2n) is 27.7. The molecular formula is C71H88N22O7S6. The summed E-state index contributed by atoms with van der Waals surface area (Å²) in [6.07, 6.45) is 39.0. The average molecular weight is 1550 g/mol. The number of nitrogens with one attached hydrogen (secondary N) is 4. The number of morpholine rings is 1. The van der Waals surface area contributed by atoms with Gasteiger partial charge in [0.1, 0.15) is 12.6 Å². The number of fused-ring (bicyclic) bond motifs is 3. The molecule has 106 heavy (non-hydrogen) atoms. The Morgan fingerprint density at radius 3 is 1.53 bits per heavy atom. The van der Waals surface area contributed by atoms with Crippen LogP contribution in [0.4, 0.5) is 32.5 Å². The van der Waals surface area contributed by atoms with E-state index in [1.807, 2.05) is 124 Å². The summed E-state index contributed by atoms with van der Waals surface area (Å²) in [7, 11) is 1.22. The van der Waals surface area contributed by atoms with Crippen molar-refractivity contribution in [2.24, 2.45) is 27.1 Å². The zero-order valence-electron chi connectivity index (χ0n) is 61.0. The first-order chi connectivity index (χ1) is 50.9. The molecule has 3 fully saturated rings. The molecule has 2 aliphatic carbocycles. The molecule has 12 aromatic rings. The summed E-state index contributed by atoms with van der Waals surface area (Å²) in [5.41, 5.74) is 13.9. The molecular weight excluding hydrogens is 1470 g/mol. The van der Waals surface area contributed by atoms with Crippen molar-refractivity contribution in [3.05, 3.63) is 132 Å². The Morgan fingerprint density at radius 2 is 1.06 bits per heavy atom. The zero-order chi connectivity index (χ0) is 74.3. The molecule has 2 saturated heterocycles. The maximum absolute atomic E-state index is 13.3. The first kappa shape index (κ1) is 74.2. The Balaban J connectivity index is 0.000000134. The molecule has 0 aromatic carbocycles. The minimum atomic E-state index is -3.59. The Hall–Kier alpha value is -8.62. The number of aryl methyl sites for hydroxylation is 7. The highest BCUT2D eigenvalue weighted by Crippen LogP contribution is 2.41. The molecule has 0 amide bonds. The largest absolute Gasteiger partial charge is 0.379 e. The van der Waals surface area contributed by atoms with Gasteiger partial charge in [-0.25, -0.2) is 63.8 Å². The Morgan fingerprint density at radius 1 is 0.566 bits per heavy atom. The van der Waals surface area contributed by atoms with Crippen LogP contribution in [0.3, 0.4) is 0 Å². The van der Waals surface area contributed by atoms with Crippen LogP contribution in [0, 0.1) is 26.7 Å². The molecule has 0 radical (unpaired) electrons. The molecule has 14 heterocycles. The van der Waals surface area contributed by atoms with Gasteiger partial charge >= 0.3 is 0 Å². The van der Waals surface area contributed by atoms with Gasteiger partial charge in [-0.1, -0.05) is 31.8 Å². The van der Waals surface area contributed by atoms with Gasteiger partial charge < -0.3 is 26.0 Å². The number of ether oxygens (including phenoxy) is 1. The lowest BCUT2D eigenvalue weighted by molar-refractivity contribution is 0.0731. The Labute approximate surface area is 628 Å². The molecule has 560 valence electrons. The van der Waals surface area contributed by atoms with Crippen molar-refractivity contribution >= 4 is 119 Å². The highest BCUT2D eigenvalue weighted by Gasteiger charge is 2.32.